The van der Waals surface area contributed by atoms with Gasteiger partial charge >= 0.3 is 0 Å². The molecule has 0 aliphatic carbocycles. The van der Waals surface area contributed by atoms with E-state index in [2.05, 4.69) is 34.2 Å². The molecule has 19 heavy (non-hydrogen) atoms. The molecule has 2 aromatic rings. The van der Waals surface area contributed by atoms with Crippen molar-refractivity contribution in [2.45, 2.75) is 33.2 Å². The lowest BCUT2D eigenvalue weighted by atomic mass is 10.1. The van der Waals surface area contributed by atoms with Crippen molar-refractivity contribution in [2.75, 3.05) is 5.32 Å². The zero-order chi connectivity index (χ0) is 14.0. The summed E-state index contributed by atoms with van der Waals surface area (Å²) in [7, 11) is 1.91. The Labute approximate surface area is 118 Å². The molecule has 2 rings (SSSR count). The van der Waals surface area contributed by atoms with Gasteiger partial charge in [-0.3, -0.25) is 4.68 Å². The second-order valence-electron chi connectivity index (χ2n) is 4.85. The van der Waals surface area contributed by atoms with Crippen LogP contribution in [0.1, 0.15) is 36.6 Å². The molecule has 2 aromatic heterocycles. The number of hydrogen-bond donors (Lipinski definition) is 1. The van der Waals surface area contributed by atoms with Crippen molar-refractivity contribution in [3.8, 4) is 0 Å². The van der Waals surface area contributed by atoms with E-state index in [0.29, 0.717) is 11.7 Å². The SMILES string of the molecule is Cc1nn(C)cc1CNc1ncnc(Cl)c1C(C)C. The highest BCUT2D eigenvalue weighted by atomic mass is 35.5. The number of aryl methyl sites for hydroxylation is 2. The molecule has 0 spiro atoms. The lowest BCUT2D eigenvalue weighted by Gasteiger charge is -2.13. The summed E-state index contributed by atoms with van der Waals surface area (Å²) in [6, 6.07) is 0. The van der Waals surface area contributed by atoms with Crippen LogP contribution in [0.15, 0.2) is 12.5 Å². The van der Waals surface area contributed by atoms with Gasteiger partial charge in [-0.05, 0) is 12.8 Å². The summed E-state index contributed by atoms with van der Waals surface area (Å²) in [6.07, 6.45) is 3.48. The Kier molecular flexibility index (Phi) is 4.04. The van der Waals surface area contributed by atoms with Crippen molar-refractivity contribution in [2.24, 2.45) is 7.05 Å². The summed E-state index contributed by atoms with van der Waals surface area (Å²) in [5.41, 5.74) is 3.11. The first-order valence-electron chi connectivity index (χ1n) is 6.22. The van der Waals surface area contributed by atoms with Gasteiger partial charge in [0.25, 0.3) is 0 Å². The van der Waals surface area contributed by atoms with Crippen LogP contribution in [0, 0.1) is 6.92 Å². The highest BCUT2D eigenvalue weighted by molar-refractivity contribution is 6.30. The molecule has 5 nitrogen and oxygen atoms in total. The number of halogens is 1. The lowest BCUT2D eigenvalue weighted by Crippen LogP contribution is -2.07. The van der Waals surface area contributed by atoms with Gasteiger partial charge in [-0.15, -0.1) is 0 Å². The largest absolute Gasteiger partial charge is 0.365 e. The molecule has 0 radical (unpaired) electrons. The molecule has 0 atom stereocenters. The van der Waals surface area contributed by atoms with Gasteiger partial charge < -0.3 is 5.32 Å². The molecule has 1 N–H and O–H groups in total. The van der Waals surface area contributed by atoms with Gasteiger partial charge in [-0.25, -0.2) is 9.97 Å². The summed E-state index contributed by atoms with van der Waals surface area (Å²) >= 11 is 6.13. The van der Waals surface area contributed by atoms with Gasteiger partial charge in [0, 0.05) is 30.9 Å². The van der Waals surface area contributed by atoms with Gasteiger partial charge in [0.05, 0.1) is 5.69 Å². The molecule has 0 aromatic carbocycles. The van der Waals surface area contributed by atoms with Crippen LogP contribution in [0.3, 0.4) is 0 Å². The molecule has 0 amide bonds. The minimum atomic E-state index is 0.270. The second-order valence-corrected chi connectivity index (χ2v) is 5.21. The van der Waals surface area contributed by atoms with Crippen LogP contribution in [0.5, 0.6) is 0 Å². The average molecular weight is 280 g/mol. The summed E-state index contributed by atoms with van der Waals surface area (Å²) in [5, 5.41) is 8.14. The Morgan fingerprint density at radius 1 is 1.37 bits per heavy atom. The number of aromatic nitrogens is 4. The number of nitrogens with zero attached hydrogens (tertiary/aromatic N) is 4. The van der Waals surface area contributed by atoms with Crippen LogP contribution >= 0.6 is 11.6 Å². The molecule has 0 unspecified atom stereocenters. The third-order valence-electron chi connectivity index (χ3n) is 2.97. The highest BCUT2D eigenvalue weighted by Gasteiger charge is 2.13. The Balaban J connectivity index is 2.20. The molecule has 0 aliphatic heterocycles. The van der Waals surface area contributed by atoms with Gasteiger partial charge in [0.1, 0.15) is 17.3 Å². The molecule has 102 valence electrons. The van der Waals surface area contributed by atoms with Crippen molar-refractivity contribution in [1.82, 2.24) is 19.7 Å². The minimum Gasteiger partial charge on any atom is -0.365 e. The van der Waals surface area contributed by atoms with E-state index in [4.69, 9.17) is 11.6 Å². The van der Waals surface area contributed by atoms with Crippen LogP contribution < -0.4 is 5.32 Å². The molecule has 0 fully saturated rings. The van der Waals surface area contributed by atoms with E-state index in [1.807, 2.05) is 24.9 Å². The van der Waals surface area contributed by atoms with E-state index in [1.165, 1.54) is 6.33 Å². The molecule has 2 heterocycles. The van der Waals surface area contributed by atoms with Gasteiger partial charge in [-0.2, -0.15) is 5.10 Å². The number of anilines is 1. The van der Waals surface area contributed by atoms with E-state index in [0.717, 1.165) is 22.6 Å². The van der Waals surface area contributed by atoms with Crippen molar-refractivity contribution in [3.05, 3.63) is 34.5 Å². The molecular weight excluding hydrogens is 262 g/mol. The van der Waals surface area contributed by atoms with Crippen LogP contribution in [0.25, 0.3) is 0 Å². The number of rotatable bonds is 4. The topological polar surface area (TPSA) is 55.6 Å². The normalized spacial score (nSPS) is 11.1. The van der Waals surface area contributed by atoms with Crippen LogP contribution in [-0.4, -0.2) is 19.7 Å². The molecular formula is C13H18ClN5. The van der Waals surface area contributed by atoms with E-state index in [-0.39, 0.29) is 5.92 Å². The zero-order valence-electron chi connectivity index (χ0n) is 11.6. The first-order chi connectivity index (χ1) is 8.99. The van der Waals surface area contributed by atoms with Gasteiger partial charge in [0.15, 0.2) is 0 Å². The van der Waals surface area contributed by atoms with E-state index in [9.17, 15) is 0 Å². The predicted molar refractivity (Wildman–Crippen MR) is 76.4 cm³/mol. The fraction of sp³-hybridized carbons (Fsp3) is 0.462. The second kappa shape index (κ2) is 5.57. The Bertz CT molecular complexity index is 576. The van der Waals surface area contributed by atoms with Crippen molar-refractivity contribution in [3.63, 3.8) is 0 Å². The van der Waals surface area contributed by atoms with Crippen molar-refractivity contribution < 1.29 is 0 Å². The van der Waals surface area contributed by atoms with Gasteiger partial charge in [0.2, 0.25) is 0 Å². The Morgan fingerprint density at radius 2 is 2.11 bits per heavy atom. The van der Waals surface area contributed by atoms with Crippen molar-refractivity contribution in [1.29, 1.82) is 0 Å². The third kappa shape index (κ3) is 3.04. The van der Waals surface area contributed by atoms with Crippen molar-refractivity contribution >= 4 is 17.4 Å². The predicted octanol–water partition coefficient (Wildman–Crippen LogP) is 2.91. The van der Waals surface area contributed by atoms with E-state index in [1.54, 1.807) is 0 Å². The lowest BCUT2D eigenvalue weighted by molar-refractivity contribution is 0.756. The molecule has 0 aliphatic rings. The molecule has 0 saturated heterocycles. The van der Waals surface area contributed by atoms with Crippen LogP contribution in [-0.2, 0) is 13.6 Å². The monoisotopic (exact) mass is 279 g/mol. The maximum absolute atomic E-state index is 6.13. The Morgan fingerprint density at radius 3 is 2.68 bits per heavy atom. The third-order valence-corrected chi connectivity index (χ3v) is 3.28. The maximum Gasteiger partial charge on any atom is 0.138 e. The van der Waals surface area contributed by atoms with Gasteiger partial charge in [-0.1, -0.05) is 25.4 Å². The standard InChI is InChI=1S/C13H18ClN5/c1-8(2)11-12(14)16-7-17-13(11)15-5-10-6-19(4)18-9(10)3/h6-8H,5H2,1-4H3,(H,15,16,17). The minimum absolute atomic E-state index is 0.270. The van der Waals surface area contributed by atoms with E-state index < -0.39 is 0 Å². The average Bonchev–Trinajstić information content (AvgIpc) is 2.64. The number of nitrogens with one attached hydrogen (secondary N) is 1. The summed E-state index contributed by atoms with van der Waals surface area (Å²) < 4.78 is 1.81. The summed E-state index contributed by atoms with van der Waals surface area (Å²) in [5.74, 6) is 1.06. The van der Waals surface area contributed by atoms with Crippen LogP contribution in [0.4, 0.5) is 5.82 Å². The first kappa shape index (κ1) is 13.8. The smallest absolute Gasteiger partial charge is 0.138 e. The highest BCUT2D eigenvalue weighted by Crippen LogP contribution is 2.28. The molecule has 6 heteroatoms. The zero-order valence-corrected chi connectivity index (χ0v) is 12.4. The molecule has 0 saturated carbocycles. The maximum atomic E-state index is 6.13. The summed E-state index contributed by atoms with van der Waals surface area (Å²) in [6.45, 7) is 6.82. The summed E-state index contributed by atoms with van der Waals surface area (Å²) in [4.78, 5) is 8.31. The number of hydrogen-bond acceptors (Lipinski definition) is 4. The quantitative estimate of drug-likeness (QED) is 0.875. The first-order valence-corrected chi connectivity index (χ1v) is 6.60. The molecule has 0 bridgehead atoms. The van der Waals surface area contributed by atoms with E-state index >= 15 is 0 Å². The Hall–Kier alpha value is -1.62. The fourth-order valence-corrected chi connectivity index (χ4v) is 2.38. The fourth-order valence-electron chi connectivity index (χ4n) is 2.03. The van der Waals surface area contributed by atoms with Crippen LogP contribution in [0.2, 0.25) is 5.15 Å².